The van der Waals surface area contributed by atoms with Gasteiger partial charge in [0.2, 0.25) is 5.91 Å². The lowest BCUT2D eigenvalue weighted by Crippen LogP contribution is -2.30. The van der Waals surface area contributed by atoms with Gasteiger partial charge in [-0.1, -0.05) is 31.2 Å². The number of aromatic nitrogens is 1. The Morgan fingerprint density at radius 3 is 2.46 bits per heavy atom. The number of thiazole rings is 1. The van der Waals surface area contributed by atoms with Crippen LogP contribution in [0.3, 0.4) is 0 Å². The summed E-state index contributed by atoms with van der Waals surface area (Å²) in [7, 11) is 0. The van der Waals surface area contributed by atoms with Gasteiger partial charge in [0, 0.05) is 27.1 Å². The van der Waals surface area contributed by atoms with E-state index in [0.717, 1.165) is 27.5 Å². The van der Waals surface area contributed by atoms with Crippen molar-refractivity contribution in [2.24, 2.45) is 0 Å². The molecule has 0 aliphatic carbocycles. The molecule has 3 N–H and O–H groups in total. The SMILES string of the molecule is CCOc1ccc(-c2csc(NC(=O)C(CC)Sc3cccc(NC(=O)/C(=C/c4ccsc4)NC(=O)c4ccccc4)c3)n2)cc1. The van der Waals surface area contributed by atoms with Crippen LogP contribution >= 0.6 is 34.4 Å². The van der Waals surface area contributed by atoms with E-state index < -0.39 is 5.91 Å². The number of nitrogens with zero attached hydrogens (tertiary/aromatic N) is 1. The highest BCUT2D eigenvalue weighted by molar-refractivity contribution is 8.00. The molecule has 0 saturated heterocycles. The first-order valence-corrected chi connectivity index (χ1v) is 17.3. The number of benzene rings is 3. The summed E-state index contributed by atoms with van der Waals surface area (Å²) >= 11 is 4.27. The largest absolute Gasteiger partial charge is 0.494 e. The van der Waals surface area contributed by atoms with E-state index in [9.17, 15) is 14.4 Å². The van der Waals surface area contributed by atoms with Crippen LogP contribution in [0.4, 0.5) is 10.8 Å². The van der Waals surface area contributed by atoms with Crippen LogP contribution in [-0.4, -0.2) is 34.6 Å². The summed E-state index contributed by atoms with van der Waals surface area (Å²) in [6.45, 7) is 4.50. The van der Waals surface area contributed by atoms with Crippen molar-refractivity contribution in [3.8, 4) is 17.0 Å². The topological polar surface area (TPSA) is 109 Å². The first-order valence-electron chi connectivity index (χ1n) is 14.6. The van der Waals surface area contributed by atoms with Crippen LogP contribution < -0.4 is 20.7 Å². The molecule has 2 aromatic heterocycles. The maximum atomic E-state index is 13.4. The zero-order valence-electron chi connectivity index (χ0n) is 25.2. The lowest BCUT2D eigenvalue weighted by Gasteiger charge is -2.15. The average molecular weight is 669 g/mol. The van der Waals surface area contributed by atoms with Gasteiger partial charge in [-0.25, -0.2) is 4.98 Å². The van der Waals surface area contributed by atoms with E-state index in [1.807, 2.05) is 84.6 Å². The molecule has 3 aromatic carbocycles. The summed E-state index contributed by atoms with van der Waals surface area (Å²) < 4.78 is 5.51. The number of thioether (sulfide) groups is 1. The Kier molecular flexibility index (Phi) is 11.4. The molecule has 0 fully saturated rings. The van der Waals surface area contributed by atoms with Gasteiger partial charge in [-0.05, 0) is 96.4 Å². The zero-order valence-corrected chi connectivity index (χ0v) is 27.6. The van der Waals surface area contributed by atoms with Gasteiger partial charge in [0.15, 0.2) is 5.13 Å². The monoisotopic (exact) mass is 668 g/mol. The summed E-state index contributed by atoms with van der Waals surface area (Å²) in [6, 6.07) is 25.6. The van der Waals surface area contributed by atoms with E-state index in [1.165, 1.54) is 34.4 Å². The molecule has 46 heavy (non-hydrogen) atoms. The van der Waals surface area contributed by atoms with Crippen LogP contribution in [-0.2, 0) is 9.59 Å². The van der Waals surface area contributed by atoms with Crippen LogP contribution in [0.25, 0.3) is 17.3 Å². The first kappa shape index (κ1) is 32.7. The zero-order chi connectivity index (χ0) is 32.3. The second-order valence-corrected chi connectivity index (χ2v) is 12.8. The highest BCUT2D eigenvalue weighted by Gasteiger charge is 2.21. The van der Waals surface area contributed by atoms with E-state index in [4.69, 9.17) is 4.74 Å². The van der Waals surface area contributed by atoms with Gasteiger partial charge in [-0.3, -0.25) is 14.4 Å². The van der Waals surface area contributed by atoms with Crippen molar-refractivity contribution in [3.63, 3.8) is 0 Å². The van der Waals surface area contributed by atoms with Gasteiger partial charge in [0.05, 0.1) is 17.6 Å². The third-order valence-corrected chi connectivity index (χ3v) is 9.43. The van der Waals surface area contributed by atoms with E-state index >= 15 is 0 Å². The lowest BCUT2D eigenvalue weighted by atomic mass is 10.2. The number of thiophene rings is 1. The number of hydrogen-bond acceptors (Lipinski definition) is 8. The van der Waals surface area contributed by atoms with Gasteiger partial charge in [-0.2, -0.15) is 11.3 Å². The lowest BCUT2D eigenvalue weighted by molar-refractivity contribution is -0.116. The van der Waals surface area contributed by atoms with Crippen molar-refractivity contribution in [2.75, 3.05) is 17.2 Å². The standard InChI is InChI=1S/C35H32N4O4S3/c1-3-31(34(42)39-35-38-30(22-45-35)24-13-15-27(16-14-24)43-4-2)46-28-12-8-11-26(20-28)36-33(41)29(19-23-17-18-44-21-23)37-32(40)25-9-6-5-7-10-25/h5-22,31H,3-4H2,1-2H3,(H,36,41)(H,37,40)(H,38,39,42)/b29-19-. The molecule has 234 valence electrons. The Balaban J connectivity index is 1.23. The Labute approximate surface area is 279 Å². The maximum Gasteiger partial charge on any atom is 0.272 e. The van der Waals surface area contributed by atoms with Crippen molar-refractivity contribution in [1.29, 1.82) is 0 Å². The third-order valence-electron chi connectivity index (χ3n) is 6.61. The Bertz CT molecular complexity index is 1800. The summed E-state index contributed by atoms with van der Waals surface area (Å²) in [5.41, 5.74) is 3.61. The number of ether oxygens (including phenoxy) is 1. The third kappa shape index (κ3) is 8.94. The van der Waals surface area contributed by atoms with Crippen LogP contribution in [0.5, 0.6) is 5.75 Å². The van der Waals surface area contributed by atoms with Crippen LogP contribution in [0.1, 0.15) is 36.2 Å². The Morgan fingerprint density at radius 1 is 0.935 bits per heavy atom. The first-order chi connectivity index (χ1) is 22.4. The molecule has 8 nitrogen and oxygen atoms in total. The minimum atomic E-state index is -0.463. The Morgan fingerprint density at radius 2 is 1.74 bits per heavy atom. The van der Waals surface area contributed by atoms with Crippen molar-refractivity contribution >= 4 is 69.1 Å². The predicted octanol–water partition coefficient (Wildman–Crippen LogP) is 8.19. The highest BCUT2D eigenvalue weighted by Crippen LogP contribution is 2.31. The van der Waals surface area contributed by atoms with Crippen LogP contribution in [0, 0.1) is 0 Å². The molecule has 0 radical (unpaired) electrons. The summed E-state index contributed by atoms with van der Waals surface area (Å²) in [5, 5.41) is 14.4. The number of carbonyl (C=O) groups is 3. The van der Waals surface area contributed by atoms with Gasteiger partial charge in [-0.15, -0.1) is 23.1 Å². The van der Waals surface area contributed by atoms with E-state index in [0.29, 0.717) is 29.4 Å². The van der Waals surface area contributed by atoms with Crippen molar-refractivity contribution < 1.29 is 19.1 Å². The molecule has 11 heteroatoms. The molecule has 1 unspecified atom stereocenters. The average Bonchev–Trinajstić information content (AvgIpc) is 3.77. The van der Waals surface area contributed by atoms with Crippen LogP contribution in [0.15, 0.2) is 112 Å². The van der Waals surface area contributed by atoms with Gasteiger partial charge < -0.3 is 20.7 Å². The minimum absolute atomic E-state index is 0.115. The predicted molar refractivity (Wildman–Crippen MR) is 189 cm³/mol. The van der Waals surface area contributed by atoms with Gasteiger partial charge in [0.25, 0.3) is 11.8 Å². The molecule has 0 saturated carbocycles. The molecule has 0 bridgehead atoms. The number of hydrogen-bond donors (Lipinski definition) is 3. The minimum Gasteiger partial charge on any atom is -0.494 e. The molecular weight excluding hydrogens is 637 g/mol. The van der Waals surface area contributed by atoms with Crippen molar-refractivity contribution in [2.45, 2.75) is 30.4 Å². The normalized spacial score (nSPS) is 11.8. The van der Waals surface area contributed by atoms with E-state index in [-0.39, 0.29) is 22.8 Å². The summed E-state index contributed by atoms with van der Waals surface area (Å²) in [5.74, 6) is -0.203. The highest BCUT2D eigenvalue weighted by atomic mass is 32.2. The fourth-order valence-electron chi connectivity index (χ4n) is 4.34. The molecular formula is C35H32N4O4S3. The van der Waals surface area contributed by atoms with E-state index in [1.54, 1.807) is 36.4 Å². The maximum absolute atomic E-state index is 13.4. The Hall–Kier alpha value is -4.71. The molecule has 5 aromatic rings. The van der Waals surface area contributed by atoms with Gasteiger partial charge >= 0.3 is 0 Å². The second-order valence-electron chi connectivity index (χ2n) is 9.92. The number of amides is 3. The van der Waals surface area contributed by atoms with E-state index in [2.05, 4.69) is 20.9 Å². The molecule has 0 spiro atoms. The van der Waals surface area contributed by atoms with Crippen molar-refractivity contribution in [3.05, 3.63) is 118 Å². The fraction of sp³-hybridized carbons (Fsp3) is 0.143. The molecule has 0 aliphatic heterocycles. The number of anilines is 2. The molecule has 1 atom stereocenters. The van der Waals surface area contributed by atoms with Gasteiger partial charge in [0.1, 0.15) is 11.4 Å². The summed E-state index contributed by atoms with van der Waals surface area (Å²) in [6.07, 6.45) is 2.23. The molecule has 3 amide bonds. The quantitative estimate of drug-likeness (QED) is 0.0863. The number of carbonyl (C=O) groups excluding carboxylic acids is 3. The van der Waals surface area contributed by atoms with Crippen LogP contribution in [0.2, 0.25) is 0 Å². The fourth-order valence-corrected chi connectivity index (χ4v) is 6.69. The van der Waals surface area contributed by atoms with Crippen molar-refractivity contribution in [1.82, 2.24) is 10.3 Å². The molecule has 2 heterocycles. The smallest absolute Gasteiger partial charge is 0.272 e. The number of nitrogens with one attached hydrogen (secondary N) is 3. The summed E-state index contributed by atoms with van der Waals surface area (Å²) in [4.78, 5) is 44.9. The molecule has 5 rings (SSSR count). The number of rotatable bonds is 13. The molecule has 0 aliphatic rings. The second kappa shape index (κ2) is 16.0.